The molecule has 0 aromatic carbocycles. The maximum absolute atomic E-state index is 4.28. The lowest BCUT2D eigenvalue weighted by Gasteiger charge is -2.18. The highest BCUT2D eigenvalue weighted by Gasteiger charge is 2.13. The number of hydrogen-bond acceptors (Lipinski definition) is 2. The molecule has 1 aliphatic rings. The molecular formula is C10H14N2. The van der Waals surface area contributed by atoms with Crippen LogP contribution in [0.3, 0.4) is 0 Å². The van der Waals surface area contributed by atoms with E-state index in [9.17, 15) is 0 Å². The van der Waals surface area contributed by atoms with Gasteiger partial charge in [0.25, 0.3) is 0 Å². The van der Waals surface area contributed by atoms with Crippen molar-refractivity contribution >= 4 is 5.69 Å². The quantitative estimate of drug-likeness (QED) is 0.627. The predicted molar refractivity (Wildman–Crippen MR) is 50.4 cm³/mol. The van der Waals surface area contributed by atoms with Crippen LogP contribution in [0.5, 0.6) is 0 Å². The smallest absolute Gasteiger partial charge is 0.0605 e. The van der Waals surface area contributed by atoms with E-state index in [1.54, 1.807) is 0 Å². The van der Waals surface area contributed by atoms with Gasteiger partial charge in [0, 0.05) is 19.3 Å². The molecule has 0 spiro atoms. The molecule has 1 aromatic rings. The summed E-state index contributed by atoms with van der Waals surface area (Å²) >= 11 is 0. The highest BCUT2D eigenvalue weighted by Crippen LogP contribution is 2.21. The summed E-state index contributed by atoms with van der Waals surface area (Å²) in [6.45, 7) is 4.48. The molecule has 1 saturated heterocycles. The Morgan fingerprint density at radius 3 is 2.75 bits per heavy atom. The molecule has 0 aliphatic carbocycles. The van der Waals surface area contributed by atoms with Crippen molar-refractivity contribution < 1.29 is 0 Å². The van der Waals surface area contributed by atoms with Crippen LogP contribution >= 0.6 is 0 Å². The third kappa shape index (κ3) is 1.29. The third-order valence-corrected chi connectivity index (χ3v) is 2.43. The van der Waals surface area contributed by atoms with Crippen molar-refractivity contribution in [3.63, 3.8) is 0 Å². The fourth-order valence-corrected chi connectivity index (χ4v) is 1.77. The molecule has 2 heteroatoms. The summed E-state index contributed by atoms with van der Waals surface area (Å²) < 4.78 is 0. The lowest BCUT2D eigenvalue weighted by molar-refractivity contribution is 0.949. The maximum atomic E-state index is 4.28. The van der Waals surface area contributed by atoms with Gasteiger partial charge in [-0.25, -0.2) is 0 Å². The van der Waals surface area contributed by atoms with Crippen molar-refractivity contribution in [1.82, 2.24) is 4.98 Å². The van der Waals surface area contributed by atoms with Gasteiger partial charge in [-0.05, 0) is 31.9 Å². The van der Waals surface area contributed by atoms with Crippen molar-refractivity contribution in [2.24, 2.45) is 0 Å². The van der Waals surface area contributed by atoms with Crippen LogP contribution in [0.25, 0.3) is 0 Å². The summed E-state index contributed by atoms with van der Waals surface area (Å²) in [6.07, 6.45) is 4.51. The second-order valence-corrected chi connectivity index (χ2v) is 3.30. The van der Waals surface area contributed by atoms with Crippen LogP contribution in [0.4, 0.5) is 5.69 Å². The van der Waals surface area contributed by atoms with E-state index in [1.165, 1.54) is 31.6 Å². The molecule has 0 unspecified atom stereocenters. The van der Waals surface area contributed by atoms with Crippen LogP contribution in [0.15, 0.2) is 18.3 Å². The molecule has 0 radical (unpaired) electrons. The number of rotatable bonds is 1. The Kier molecular flexibility index (Phi) is 1.98. The molecule has 1 fully saturated rings. The highest BCUT2D eigenvalue weighted by atomic mass is 15.1. The Hall–Kier alpha value is -1.05. The SMILES string of the molecule is Cc1ncccc1N1CCCC1. The first kappa shape index (κ1) is 7.59. The summed E-state index contributed by atoms with van der Waals surface area (Å²) in [6, 6.07) is 4.17. The van der Waals surface area contributed by atoms with E-state index >= 15 is 0 Å². The zero-order valence-electron chi connectivity index (χ0n) is 7.45. The molecule has 2 rings (SSSR count). The molecule has 0 N–H and O–H groups in total. The molecule has 2 nitrogen and oxygen atoms in total. The van der Waals surface area contributed by atoms with Gasteiger partial charge < -0.3 is 4.90 Å². The predicted octanol–water partition coefficient (Wildman–Crippen LogP) is 1.99. The van der Waals surface area contributed by atoms with Gasteiger partial charge in [0.1, 0.15) is 0 Å². The van der Waals surface area contributed by atoms with Crippen LogP contribution in [-0.2, 0) is 0 Å². The number of nitrogens with zero attached hydrogens (tertiary/aromatic N) is 2. The topological polar surface area (TPSA) is 16.1 Å². The standard InChI is InChI=1S/C10H14N2/c1-9-10(5-4-6-11-9)12-7-2-3-8-12/h4-6H,2-3,7-8H2,1H3. The molecule has 64 valence electrons. The van der Waals surface area contributed by atoms with Crippen LogP contribution in [-0.4, -0.2) is 18.1 Å². The molecular weight excluding hydrogens is 148 g/mol. The Labute approximate surface area is 73.2 Å². The number of aromatic nitrogens is 1. The molecule has 0 atom stereocenters. The van der Waals surface area contributed by atoms with E-state index in [0.717, 1.165) is 5.69 Å². The average molecular weight is 162 g/mol. The number of pyridine rings is 1. The van der Waals surface area contributed by atoms with E-state index < -0.39 is 0 Å². The van der Waals surface area contributed by atoms with Crippen LogP contribution < -0.4 is 4.90 Å². The van der Waals surface area contributed by atoms with Crippen LogP contribution in [0.1, 0.15) is 18.5 Å². The van der Waals surface area contributed by atoms with Crippen molar-refractivity contribution in [1.29, 1.82) is 0 Å². The minimum Gasteiger partial charge on any atom is -0.370 e. The highest BCUT2D eigenvalue weighted by molar-refractivity contribution is 5.50. The van der Waals surface area contributed by atoms with Crippen LogP contribution in [0.2, 0.25) is 0 Å². The monoisotopic (exact) mass is 162 g/mol. The molecule has 0 amide bonds. The van der Waals surface area contributed by atoms with Gasteiger partial charge in [-0.2, -0.15) is 0 Å². The molecule has 1 aromatic heterocycles. The minimum absolute atomic E-state index is 1.15. The number of aryl methyl sites for hydroxylation is 1. The van der Waals surface area contributed by atoms with Crippen molar-refractivity contribution in [2.45, 2.75) is 19.8 Å². The molecule has 0 bridgehead atoms. The van der Waals surface area contributed by atoms with E-state index in [2.05, 4.69) is 22.9 Å². The van der Waals surface area contributed by atoms with Crippen molar-refractivity contribution in [3.8, 4) is 0 Å². The zero-order chi connectivity index (χ0) is 8.39. The van der Waals surface area contributed by atoms with E-state index in [1.807, 2.05) is 12.3 Å². The van der Waals surface area contributed by atoms with E-state index in [-0.39, 0.29) is 0 Å². The van der Waals surface area contributed by atoms with Crippen molar-refractivity contribution in [3.05, 3.63) is 24.0 Å². The Morgan fingerprint density at radius 1 is 1.33 bits per heavy atom. The lowest BCUT2D eigenvalue weighted by Crippen LogP contribution is -2.18. The second-order valence-electron chi connectivity index (χ2n) is 3.30. The normalized spacial score (nSPS) is 16.9. The van der Waals surface area contributed by atoms with Gasteiger partial charge in [0.05, 0.1) is 11.4 Å². The lowest BCUT2D eigenvalue weighted by atomic mass is 10.3. The van der Waals surface area contributed by atoms with Gasteiger partial charge in [-0.15, -0.1) is 0 Å². The molecule has 2 heterocycles. The number of hydrogen-bond donors (Lipinski definition) is 0. The van der Waals surface area contributed by atoms with Gasteiger partial charge in [0.15, 0.2) is 0 Å². The van der Waals surface area contributed by atoms with Gasteiger partial charge in [-0.1, -0.05) is 0 Å². The van der Waals surface area contributed by atoms with Gasteiger partial charge in [0.2, 0.25) is 0 Å². The Balaban J connectivity index is 2.26. The number of anilines is 1. The van der Waals surface area contributed by atoms with Crippen LogP contribution in [0, 0.1) is 6.92 Å². The van der Waals surface area contributed by atoms with E-state index in [4.69, 9.17) is 0 Å². The Bertz CT molecular complexity index is 264. The molecule has 1 aliphatic heterocycles. The second kappa shape index (κ2) is 3.13. The fourth-order valence-electron chi connectivity index (χ4n) is 1.77. The maximum Gasteiger partial charge on any atom is 0.0605 e. The summed E-state index contributed by atoms with van der Waals surface area (Å²) in [5, 5.41) is 0. The summed E-state index contributed by atoms with van der Waals surface area (Å²) in [5.41, 5.74) is 2.47. The first-order valence-electron chi connectivity index (χ1n) is 4.54. The molecule has 12 heavy (non-hydrogen) atoms. The largest absolute Gasteiger partial charge is 0.370 e. The Morgan fingerprint density at radius 2 is 2.08 bits per heavy atom. The van der Waals surface area contributed by atoms with Gasteiger partial charge >= 0.3 is 0 Å². The first-order valence-corrected chi connectivity index (χ1v) is 4.54. The average Bonchev–Trinajstić information content (AvgIpc) is 2.57. The summed E-state index contributed by atoms with van der Waals surface area (Å²) in [5.74, 6) is 0. The molecule has 0 saturated carbocycles. The minimum atomic E-state index is 1.15. The summed E-state index contributed by atoms with van der Waals surface area (Å²) in [7, 11) is 0. The third-order valence-electron chi connectivity index (χ3n) is 2.43. The first-order chi connectivity index (χ1) is 5.88. The van der Waals surface area contributed by atoms with E-state index in [0.29, 0.717) is 0 Å². The van der Waals surface area contributed by atoms with Crippen molar-refractivity contribution in [2.75, 3.05) is 18.0 Å². The zero-order valence-corrected chi connectivity index (χ0v) is 7.45. The van der Waals surface area contributed by atoms with Gasteiger partial charge in [-0.3, -0.25) is 4.98 Å². The summed E-state index contributed by atoms with van der Waals surface area (Å²) in [4.78, 5) is 6.70. The fraction of sp³-hybridized carbons (Fsp3) is 0.500.